The number of likely N-dealkylation sites (N-methyl/N-ethyl adjacent to an activating group) is 1. The zero-order valence-electron chi connectivity index (χ0n) is 29.1. The lowest BCUT2D eigenvalue weighted by Gasteiger charge is -2.26. The Labute approximate surface area is 283 Å². The van der Waals surface area contributed by atoms with Gasteiger partial charge in [-0.2, -0.15) is 0 Å². The van der Waals surface area contributed by atoms with Crippen LogP contribution in [0.1, 0.15) is 34.6 Å². The Kier molecular flexibility index (Phi) is 17.6. The zero-order chi connectivity index (χ0) is 35.5. The van der Waals surface area contributed by atoms with Crippen LogP contribution in [0.25, 0.3) is 0 Å². The number of anilines is 2. The lowest BCUT2D eigenvalue weighted by molar-refractivity contribution is -0.142. The molecular formula is C32H53N7O9. The molecule has 0 saturated carbocycles. The van der Waals surface area contributed by atoms with E-state index in [1.165, 1.54) is 18.0 Å². The molecule has 0 bridgehead atoms. The third-order valence-electron chi connectivity index (χ3n) is 6.76. The van der Waals surface area contributed by atoms with Crippen LogP contribution in [0.2, 0.25) is 0 Å². The van der Waals surface area contributed by atoms with Gasteiger partial charge in [0.2, 0.25) is 5.91 Å². The lowest BCUT2D eigenvalue weighted by Crippen LogP contribution is -2.44. The Balaban J connectivity index is 2.31. The molecule has 1 heterocycles. The van der Waals surface area contributed by atoms with Crippen LogP contribution in [-0.2, 0) is 33.4 Å². The van der Waals surface area contributed by atoms with Crippen LogP contribution in [0.3, 0.4) is 0 Å². The van der Waals surface area contributed by atoms with E-state index >= 15 is 0 Å². The molecular weight excluding hydrogens is 626 g/mol. The third kappa shape index (κ3) is 15.7. The summed E-state index contributed by atoms with van der Waals surface area (Å²) < 4.78 is 21.4. The highest BCUT2D eigenvalue weighted by atomic mass is 16.6. The van der Waals surface area contributed by atoms with Gasteiger partial charge in [-0.25, -0.2) is 9.69 Å². The van der Waals surface area contributed by atoms with E-state index in [1.807, 2.05) is 4.90 Å². The number of benzene rings is 1. The van der Waals surface area contributed by atoms with Crippen LogP contribution in [0.15, 0.2) is 18.2 Å². The van der Waals surface area contributed by atoms with Crippen LogP contribution in [0.4, 0.5) is 16.2 Å². The first-order valence-corrected chi connectivity index (χ1v) is 16.3. The molecule has 1 aromatic rings. The zero-order valence-corrected chi connectivity index (χ0v) is 29.1. The van der Waals surface area contributed by atoms with Crippen LogP contribution < -0.4 is 30.9 Å². The van der Waals surface area contributed by atoms with E-state index < -0.39 is 36.1 Å². The maximum Gasteiger partial charge on any atom is 0.416 e. The van der Waals surface area contributed by atoms with Crippen molar-refractivity contribution in [2.75, 3.05) is 109 Å². The van der Waals surface area contributed by atoms with Gasteiger partial charge in [0, 0.05) is 71.2 Å². The Morgan fingerprint density at radius 1 is 0.854 bits per heavy atom. The second kappa shape index (κ2) is 21.1. The highest BCUT2D eigenvalue weighted by molar-refractivity contribution is 5.94. The monoisotopic (exact) mass is 679 g/mol. The number of amides is 3. The smallest absolute Gasteiger partial charge is 0.416 e. The van der Waals surface area contributed by atoms with Gasteiger partial charge in [-0.15, -0.1) is 0 Å². The van der Waals surface area contributed by atoms with Crippen molar-refractivity contribution in [2.24, 2.45) is 0 Å². The van der Waals surface area contributed by atoms with Gasteiger partial charge in [0.15, 0.2) is 6.61 Å². The summed E-state index contributed by atoms with van der Waals surface area (Å²) in [6, 6.07) is 4.65. The number of nitrogens with one attached hydrogen (secondary N) is 4. The quantitative estimate of drug-likeness (QED) is 0.166. The first kappa shape index (κ1) is 40.2. The van der Waals surface area contributed by atoms with Crippen LogP contribution in [-0.4, -0.2) is 144 Å². The molecule has 4 N–H and O–H groups in total. The van der Waals surface area contributed by atoms with Crippen molar-refractivity contribution >= 4 is 41.2 Å². The van der Waals surface area contributed by atoms with Crippen LogP contribution in [0.5, 0.6) is 5.75 Å². The van der Waals surface area contributed by atoms with Gasteiger partial charge in [0.1, 0.15) is 24.4 Å². The normalized spacial score (nSPS) is 14.8. The Morgan fingerprint density at radius 3 is 1.92 bits per heavy atom. The summed E-state index contributed by atoms with van der Waals surface area (Å²) in [6.45, 7) is 13.7. The summed E-state index contributed by atoms with van der Waals surface area (Å²) in [4.78, 5) is 67.8. The first-order valence-electron chi connectivity index (χ1n) is 16.3. The van der Waals surface area contributed by atoms with Gasteiger partial charge in [0.05, 0.1) is 25.4 Å². The Morgan fingerprint density at radius 2 is 1.40 bits per heavy atom. The summed E-state index contributed by atoms with van der Waals surface area (Å²) in [5.41, 5.74) is -0.201. The minimum absolute atomic E-state index is 0.0701. The lowest BCUT2D eigenvalue weighted by atomic mass is 10.2. The van der Waals surface area contributed by atoms with Crippen molar-refractivity contribution in [1.82, 2.24) is 25.8 Å². The third-order valence-corrected chi connectivity index (χ3v) is 6.76. The average Bonchev–Trinajstić information content (AvgIpc) is 3.00. The molecule has 0 spiro atoms. The molecule has 1 aliphatic rings. The summed E-state index contributed by atoms with van der Waals surface area (Å²) in [5, 5.41) is 13.0. The molecule has 16 heteroatoms. The average molecular weight is 680 g/mol. The fourth-order valence-corrected chi connectivity index (χ4v) is 4.46. The number of carbonyl (C=O) groups excluding carboxylic acids is 5. The minimum Gasteiger partial charge on any atom is -0.481 e. The Bertz CT molecular complexity index is 1180. The molecule has 48 heavy (non-hydrogen) atoms. The van der Waals surface area contributed by atoms with Crippen molar-refractivity contribution in [3.8, 4) is 5.75 Å². The predicted molar refractivity (Wildman–Crippen MR) is 180 cm³/mol. The minimum atomic E-state index is -0.854. The topological polar surface area (TPSA) is 180 Å². The van der Waals surface area contributed by atoms with Gasteiger partial charge in [-0.1, -0.05) is 0 Å². The van der Waals surface area contributed by atoms with Crippen LogP contribution >= 0.6 is 0 Å². The number of hydrogen-bond donors (Lipinski definition) is 4. The van der Waals surface area contributed by atoms with Gasteiger partial charge in [0.25, 0.3) is 5.91 Å². The molecule has 0 radical (unpaired) electrons. The highest BCUT2D eigenvalue weighted by Crippen LogP contribution is 2.32. The van der Waals surface area contributed by atoms with E-state index in [2.05, 4.69) is 21.3 Å². The fourth-order valence-electron chi connectivity index (χ4n) is 4.46. The maximum atomic E-state index is 13.2. The van der Waals surface area contributed by atoms with Crippen LogP contribution in [0, 0.1) is 0 Å². The van der Waals surface area contributed by atoms with Crippen molar-refractivity contribution in [2.45, 2.75) is 40.2 Å². The fraction of sp³-hybridized carbons (Fsp3) is 0.656. The molecule has 0 aliphatic carbocycles. The molecule has 16 nitrogen and oxygen atoms in total. The van der Waals surface area contributed by atoms with Crippen molar-refractivity contribution < 1.29 is 42.9 Å². The van der Waals surface area contributed by atoms with E-state index in [9.17, 15) is 24.0 Å². The second-order valence-corrected chi connectivity index (χ2v) is 11.9. The predicted octanol–water partition coefficient (Wildman–Crippen LogP) is 0.414. The molecule has 3 amide bonds. The van der Waals surface area contributed by atoms with E-state index in [0.29, 0.717) is 18.8 Å². The maximum absolute atomic E-state index is 13.2. The first-order chi connectivity index (χ1) is 22.8. The van der Waals surface area contributed by atoms with Crippen molar-refractivity contribution in [1.29, 1.82) is 0 Å². The number of ether oxygens (including phenoxy) is 4. The number of esters is 2. The van der Waals surface area contributed by atoms with Crippen molar-refractivity contribution in [3.63, 3.8) is 0 Å². The molecule has 2 rings (SSSR count). The number of nitrogens with zero attached hydrogens (tertiary/aromatic N) is 3. The Hall–Kier alpha value is -3.99. The number of rotatable bonds is 13. The molecule has 0 unspecified atom stereocenters. The van der Waals surface area contributed by atoms with Crippen molar-refractivity contribution in [3.05, 3.63) is 18.2 Å². The molecule has 0 atom stereocenters. The van der Waals surface area contributed by atoms with Gasteiger partial charge in [-0.05, 0) is 46.8 Å². The summed E-state index contributed by atoms with van der Waals surface area (Å²) in [6.07, 6.45) is -0.854. The molecule has 1 saturated heterocycles. The molecule has 270 valence electrons. The number of carbonyl (C=O) groups is 5. The van der Waals surface area contributed by atoms with Gasteiger partial charge in [-0.3, -0.25) is 24.1 Å². The molecule has 0 aromatic heterocycles. The van der Waals surface area contributed by atoms with Gasteiger partial charge < -0.3 is 45.1 Å². The summed E-state index contributed by atoms with van der Waals surface area (Å²) in [7, 11) is 1.27. The SMILES string of the molecule is CCOC(=O)CN(CC(=O)OCC)c1ccc(NC(=O)CN2CCNCCNCCNCC2)cc1OCC(=O)N(C)C(=O)OC(C)(C)C. The number of imide groups is 1. The van der Waals surface area contributed by atoms with E-state index in [0.717, 1.165) is 44.2 Å². The number of hydrogen-bond acceptors (Lipinski definition) is 14. The second-order valence-electron chi connectivity index (χ2n) is 11.9. The molecule has 1 fully saturated rings. The van der Waals surface area contributed by atoms with E-state index in [-0.39, 0.29) is 50.2 Å². The van der Waals surface area contributed by atoms with Gasteiger partial charge >= 0.3 is 18.0 Å². The highest BCUT2D eigenvalue weighted by Gasteiger charge is 2.26. The van der Waals surface area contributed by atoms with E-state index in [1.54, 1.807) is 46.8 Å². The standard InChI is InChI=1S/C32H53N7O9/c1-7-45-29(42)21-39(22-30(43)46-8-2)25-10-9-24(19-26(25)47-23-28(41)37(6)31(44)48-32(3,4)5)36-27(40)20-38-17-15-34-13-11-33-12-14-35-16-18-38/h9-10,19,33-35H,7-8,11-18,20-23H2,1-6H3,(H,36,40). The molecule has 1 aromatic carbocycles. The molecule has 1 aliphatic heterocycles. The largest absolute Gasteiger partial charge is 0.481 e. The van der Waals surface area contributed by atoms with E-state index in [4.69, 9.17) is 18.9 Å². The summed E-state index contributed by atoms with van der Waals surface area (Å²) >= 11 is 0. The summed E-state index contributed by atoms with van der Waals surface area (Å²) in [5.74, 6) is -2.10.